The molecule has 11 heteroatoms. The molecule has 0 aliphatic heterocycles. The zero-order chi connectivity index (χ0) is 32.6. The molecule has 2 amide bonds. The molecule has 1 atom stereocenters. The van der Waals surface area contributed by atoms with Crippen LogP contribution in [0.1, 0.15) is 25.0 Å². The van der Waals surface area contributed by atoms with Gasteiger partial charge in [-0.15, -0.1) is 0 Å². The fraction of sp³-hybridized carbons (Fsp3) is 0.235. The summed E-state index contributed by atoms with van der Waals surface area (Å²) in [6.07, 6.45) is 0.227. The maximum atomic E-state index is 14.5. The van der Waals surface area contributed by atoms with Gasteiger partial charge in [-0.05, 0) is 85.6 Å². The average Bonchev–Trinajstić information content (AvgIpc) is 3.02. The quantitative estimate of drug-likeness (QED) is 0.172. The first-order valence-electron chi connectivity index (χ1n) is 14.3. The predicted molar refractivity (Wildman–Crippen MR) is 181 cm³/mol. The van der Waals surface area contributed by atoms with Gasteiger partial charge >= 0.3 is 0 Å². The van der Waals surface area contributed by atoms with Gasteiger partial charge in [0, 0.05) is 28.5 Å². The van der Waals surface area contributed by atoms with Crippen LogP contribution >= 0.6 is 27.5 Å². The molecule has 0 fully saturated rings. The molecule has 0 heterocycles. The van der Waals surface area contributed by atoms with Crippen molar-refractivity contribution in [2.24, 2.45) is 0 Å². The molecule has 1 N–H and O–H groups in total. The SMILES string of the molecule is COc1ccc(S(=O)(=O)N(CC(=O)N(Cc2cccc(Br)c2)C(Cc2ccccc2)C(=O)NC(C)C)c2ccc(Cl)cc2)cc1. The fourth-order valence-corrected chi connectivity index (χ4v) is 6.76. The van der Waals surface area contributed by atoms with Crippen molar-refractivity contribution in [2.45, 2.75) is 43.8 Å². The number of hydrogen-bond acceptors (Lipinski definition) is 5. The minimum absolute atomic E-state index is 0.0250. The molecule has 4 aromatic carbocycles. The van der Waals surface area contributed by atoms with Crippen LogP contribution in [0.3, 0.4) is 0 Å². The van der Waals surface area contributed by atoms with Crippen molar-refractivity contribution >= 4 is 55.1 Å². The number of benzene rings is 4. The summed E-state index contributed by atoms with van der Waals surface area (Å²) < 4.78 is 35.3. The highest BCUT2D eigenvalue weighted by atomic mass is 79.9. The van der Waals surface area contributed by atoms with Crippen molar-refractivity contribution in [2.75, 3.05) is 18.0 Å². The van der Waals surface area contributed by atoms with Crippen LogP contribution < -0.4 is 14.4 Å². The van der Waals surface area contributed by atoms with Gasteiger partial charge in [0.05, 0.1) is 17.7 Å². The van der Waals surface area contributed by atoms with Gasteiger partial charge in [-0.25, -0.2) is 8.42 Å². The van der Waals surface area contributed by atoms with Crippen LogP contribution in [0.4, 0.5) is 5.69 Å². The number of anilines is 1. The van der Waals surface area contributed by atoms with E-state index in [0.29, 0.717) is 10.8 Å². The summed E-state index contributed by atoms with van der Waals surface area (Å²) in [6, 6.07) is 27.9. The van der Waals surface area contributed by atoms with E-state index in [1.54, 1.807) is 36.4 Å². The number of sulfonamides is 1. The maximum Gasteiger partial charge on any atom is 0.264 e. The zero-order valence-electron chi connectivity index (χ0n) is 25.2. The molecule has 0 aliphatic carbocycles. The number of hydrogen-bond donors (Lipinski definition) is 1. The molecule has 0 aromatic heterocycles. The topological polar surface area (TPSA) is 96.0 Å². The van der Waals surface area contributed by atoms with E-state index in [-0.39, 0.29) is 35.5 Å². The van der Waals surface area contributed by atoms with Gasteiger partial charge in [-0.1, -0.05) is 70.0 Å². The number of halogens is 2. The Morgan fingerprint density at radius 3 is 2.13 bits per heavy atom. The van der Waals surface area contributed by atoms with Crippen molar-refractivity contribution in [1.82, 2.24) is 10.2 Å². The zero-order valence-corrected chi connectivity index (χ0v) is 28.3. The Bertz CT molecular complexity index is 1700. The highest BCUT2D eigenvalue weighted by molar-refractivity contribution is 9.10. The monoisotopic (exact) mass is 711 g/mol. The Kier molecular flexibility index (Phi) is 11.7. The lowest BCUT2D eigenvalue weighted by Crippen LogP contribution is -2.54. The number of amides is 2. The first-order chi connectivity index (χ1) is 21.5. The summed E-state index contributed by atoms with van der Waals surface area (Å²) in [5.74, 6) is -0.404. The van der Waals surface area contributed by atoms with Crippen molar-refractivity contribution < 1.29 is 22.7 Å². The molecule has 0 saturated heterocycles. The van der Waals surface area contributed by atoms with E-state index in [2.05, 4.69) is 21.2 Å². The van der Waals surface area contributed by atoms with E-state index < -0.39 is 28.5 Å². The molecule has 8 nitrogen and oxygen atoms in total. The van der Waals surface area contributed by atoms with Gasteiger partial charge in [0.25, 0.3) is 10.0 Å². The summed E-state index contributed by atoms with van der Waals surface area (Å²) in [6.45, 7) is 3.20. The van der Waals surface area contributed by atoms with Crippen LogP contribution in [0.25, 0.3) is 0 Å². The number of rotatable bonds is 13. The van der Waals surface area contributed by atoms with Gasteiger partial charge in [-0.2, -0.15) is 0 Å². The minimum Gasteiger partial charge on any atom is -0.497 e. The molecule has 0 spiro atoms. The highest BCUT2D eigenvalue weighted by Crippen LogP contribution is 2.27. The van der Waals surface area contributed by atoms with Gasteiger partial charge in [0.15, 0.2) is 0 Å². The Morgan fingerprint density at radius 2 is 1.53 bits per heavy atom. The molecule has 0 radical (unpaired) electrons. The molecule has 1 unspecified atom stereocenters. The van der Waals surface area contributed by atoms with Crippen molar-refractivity contribution in [3.8, 4) is 5.75 Å². The van der Waals surface area contributed by atoms with Crippen molar-refractivity contribution in [1.29, 1.82) is 0 Å². The number of nitrogens with one attached hydrogen (secondary N) is 1. The fourth-order valence-electron chi connectivity index (χ4n) is 4.78. The number of ether oxygens (including phenoxy) is 1. The Labute approximate surface area is 278 Å². The van der Waals surface area contributed by atoms with Crippen LogP contribution in [0, 0.1) is 0 Å². The van der Waals surface area contributed by atoms with E-state index in [4.69, 9.17) is 16.3 Å². The number of methoxy groups -OCH3 is 1. The van der Waals surface area contributed by atoms with Crippen LogP contribution in [-0.2, 0) is 32.6 Å². The van der Waals surface area contributed by atoms with Crippen LogP contribution in [0.15, 0.2) is 112 Å². The lowest BCUT2D eigenvalue weighted by molar-refractivity contribution is -0.140. The summed E-state index contributed by atoms with van der Waals surface area (Å²) in [7, 11) is -2.76. The Balaban J connectivity index is 1.80. The van der Waals surface area contributed by atoms with Gasteiger partial charge < -0.3 is 15.0 Å². The normalized spacial score (nSPS) is 12.0. The number of carbonyl (C=O) groups excluding carboxylic acids is 2. The van der Waals surface area contributed by atoms with Crippen molar-refractivity contribution in [3.05, 3.63) is 124 Å². The molecule has 4 aromatic rings. The summed E-state index contributed by atoms with van der Waals surface area (Å²) in [4.78, 5) is 29.7. The van der Waals surface area contributed by atoms with E-state index >= 15 is 0 Å². The second-order valence-corrected chi connectivity index (χ2v) is 13.9. The predicted octanol–water partition coefficient (Wildman–Crippen LogP) is 6.47. The molecule has 0 saturated carbocycles. The number of carbonyl (C=O) groups is 2. The maximum absolute atomic E-state index is 14.5. The van der Waals surface area contributed by atoms with Crippen LogP contribution in [0.2, 0.25) is 5.02 Å². The summed E-state index contributed by atoms with van der Waals surface area (Å²) >= 11 is 9.62. The van der Waals surface area contributed by atoms with Crippen LogP contribution in [0.5, 0.6) is 5.75 Å². The third kappa shape index (κ3) is 9.09. The first-order valence-corrected chi connectivity index (χ1v) is 16.9. The molecule has 45 heavy (non-hydrogen) atoms. The smallest absolute Gasteiger partial charge is 0.264 e. The summed E-state index contributed by atoms with van der Waals surface area (Å²) in [5.41, 5.74) is 1.87. The lowest BCUT2D eigenvalue weighted by Gasteiger charge is -2.34. The Morgan fingerprint density at radius 1 is 0.889 bits per heavy atom. The molecule has 0 aliphatic rings. The molecule has 0 bridgehead atoms. The molecule has 236 valence electrons. The van der Waals surface area contributed by atoms with E-state index in [9.17, 15) is 18.0 Å². The summed E-state index contributed by atoms with van der Waals surface area (Å²) in [5, 5.41) is 3.37. The van der Waals surface area contributed by atoms with Gasteiger partial charge in [-0.3, -0.25) is 13.9 Å². The lowest BCUT2D eigenvalue weighted by atomic mass is 10.0. The molecular formula is C34H35BrClN3O5S. The largest absolute Gasteiger partial charge is 0.497 e. The van der Waals surface area contributed by atoms with Crippen LogP contribution in [-0.4, -0.2) is 50.9 Å². The third-order valence-corrected chi connectivity index (χ3v) is 9.52. The van der Waals surface area contributed by atoms with Crippen molar-refractivity contribution in [3.63, 3.8) is 0 Å². The average molecular weight is 713 g/mol. The second kappa shape index (κ2) is 15.4. The van der Waals surface area contributed by atoms with E-state index in [1.807, 2.05) is 68.4 Å². The Hall–Kier alpha value is -3.86. The van der Waals surface area contributed by atoms with Gasteiger partial charge in [0.1, 0.15) is 18.3 Å². The highest BCUT2D eigenvalue weighted by Gasteiger charge is 2.35. The third-order valence-electron chi connectivity index (χ3n) is 6.98. The van der Waals surface area contributed by atoms with E-state index in [0.717, 1.165) is 19.9 Å². The second-order valence-electron chi connectivity index (χ2n) is 10.7. The standard InChI is InChI=1S/C34H35BrClN3O5S/c1-24(2)37-34(41)32(21-25-8-5-4-6-9-25)38(22-26-10-7-11-27(35)20-26)33(40)23-39(29-14-12-28(36)13-15-29)45(42,43)31-18-16-30(44-3)17-19-31/h4-20,24,32H,21-23H2,1-3H3,(H,37,41). The molecule has 4 rings (SSSR count). The van der Waals surface area contributed by atoms with Gasteiger partial charge in [0.2, 0.25) is 11.8 Å². The van der Waals surface area contributed by atoms with E-state index in [1.165, 1.54) is 24.1 Å². The first kappa shape index (κ1) is 34.0. The number of nitrogens with zero attached hydrogens (tertiary/aromatic N) is 2. The molecular weight excluding hydrogens is 678 g/mol. The minimum atomic E-state index is -4.24.